The van der Waals surface area contributed by atoms with Crippen LogP contribution in [0.3, 0.4) is 0 Å². The highest BCUT2D eigenvalue weighted by atomic mass is 127. The Labute approximate surface area is 178 Å². The number of nitrogens with zero attached hydrogens (tertiary/aromatic N) is 2. The number of halogens is 1. The molecule has 1 amide bonds. The van der Waals surface area contributed by atoms with Crippen LogP contribution in [-0.4, -0.2) is 23.3 Å². The van der Waals surface area contributed by atoms with Crippen LogP contribution in [0.4, 0.5) is 0 Å². The molecule has 0 atom stereocenters. The Morgan fingerprint density at radius 3 is 2.61 bits per heavy atom. The van der Waals surface area contributed by atoms with E-state index in [1.54, 1.807) is 12.3 Å². The minimum atomic E-state index is -0.227. The largest absolute Gasteiger partial charge is 0.494 e. The first kappa shape index (κ1) is 20.1. The molecule has 3 rings (SSSR count). The van der Waals surface area contributed by atoms with Gasteiger partial charge in [-0.25, -0.2) is 5.43 Å². The smallest absolute Gasteiger partial charge is 0.271 e. The first-order valence-electron chi connectivity index (χ1n) is 9.00. The molecule has 1 N–H and O–H groups in total. The highest BCUT2D eigenvalue weighted by Crippen LogP contribution is 2.22. The molecule has 28 heavy (non-hydrogen) atoms. The van der Waals surface area contributed by atoms with Crippen LogP contribution in [0.15, 0.2) is 59.7 Å². The van der Waals surface area contributed by atoms with Gasteiger partial charge in [-0.3, -0.25) is 4.79 Å². The molecule has 1 aromatic heterocycles. The normalized spacial score (nSPS) is 11.0. The summed E-state index contributed by atoms with van der Waals surface area (Å²) in [6.45, 7) is 6.70. The van der Waals surface area contributed by atoms with Gasteiger partial charge >= 0.3 is 0 Å². The molecule has 3 aromatic rings. The maximum absolute atomic E-state index is 12.2. The average molecular weight is 487 g/mol. The number of hydrogen-bond donors (Lipinski definition) is 1. The molecule has 0 radical (unpaired) electrons. The monoisotopic (exact) mass is 487 g/mol. The van der Waals surface area contributed by atoms with Crippen LogP contribution >= 0.6 is 22.6 Å². The van der Waals surface area contributed by atoms with E-state index in [0.29, 0.717) is 12.2 Å². The summed E-state index contributed by atoms with van der Waals surface area (Å²) in [5.41, 5.74) is 7.33. The Morgan fingerprint density at radius 2 is 1.93 bits per heavy atom. The van der Waals surface area contributed by atoms with Crippen molar-refractivity contribution in [1.82, 2.24) is 9.99 Å². The third-order valence-corrected chi connectivity index (χ3v) is 5.00. The van der Waals surface area contributed by atoms with Gasteiger partial charge in [-0.2, -0.15) is 5.10 Å². The van der Waals surface area contributed by atoms with Crippen molar-refractivity contribution in [2.75, 3.05) is 6.61 Å². The van der Waals surface area contributed by atoms with Crippen LogP contribution in [-0.2, 0) is 0 Å². The van der Waals surface area contributed by atoms with Crippen LogP contribution in [0.5, 0.6) is 5.75 Å². The first-order chi connectivity index (χ1) is 13.5. The van der Waals surface area contributed by atoms with Crippen LogP contribution < -0.4 is 10.2 Å². The van der Waals surface area contributed by atoms with Crippen LogP contribution in [0, 0.1) is 17.4 Å². The third-order valence-electron chi connectivity index (χ3n) is 4.33. The van der Waals surface area contributed by atoms with Gasteiger partial charge in [-0.15, -0.1) is 0 Å². The number of carbonyl (C=O) groups is 1. The maximum atomic E-state index is 12.2. The lowest BCUT2D eigenvalue weighted by molar-refractivity contribution is 0.0955. The number of carbonyl (C=O) groups excluding carboxylic acids is 1. The van der Waals surface area contributed by atoms with Crippen molar-refractivity contribution in [2.24, 2.45) is 5.10 Å². The SMILES string of the molecule is CCOc1ccc(-n2c(C)cc(/C=N\NC(=O)c3cccc(I)c3)c2C)cc1. The number of rotatable bonds is 6. The third kappa shape index (κ3) is 4.62. The zero-order valence-electron chi connectivity index (χ0n) is 16.1. The topological polar surface area (TPSA) is 55.6 Å². The summed E-state index contributed by atoms with van der Waals surface area (Å²) < 4.78 is 8.67. The molecular weight excluding hydrogens is 465 g/mol. The lowest BCUT2D eigenvalue weighted by Gasteiger charge is -2.10. The molecule has 0 aliphatic heterocycles. The molecule has 0 fully saturated rings. The fourth-order valence-electron chi connectivity index (χ4n) is 3.03. The number of hydrazone groups is 1. The van der Waals surface area contributed by atoms with Gasteiger partial charge in [0.25, 0.3) is 5.91 Å². The summed E-state index contributed by atoms with van der Waals surface area (Å²) in [5, 5.41) is 4.13. The fraction of sp³-hybridized carbons (Fsp3) is 0.182. The molecule has 0 bridgehead atoms. The van der Waals surface area contributed by atoms with Crippen molar-refractivity contribution < 1.29 is 9.53 Å². The van der Waals surface area contributed by atoms with Gasteiger partial charge in [0.1, 0.15) is 5.75 Å². The van der Waals surface area contributed by atoms with Crippen LogP contribution in [0.2, 0.25) is 0 Å². The summed E-state index contributed by atoms with van der Waals surface area (Å²) in [7, 11) is 0. The molecule has 0 saturated heterocycles. The average Bonchev–Trinajstić information content (AvgIpc) is 2.96. The summed E-state index contributed by atoms with van der Waals surface area (Å²) in [5.74, 6) is 0.629. The van der Waals surface area contributed by atoms with Gasteiger partial charge in [0.15, 0.2) is 0 Å². The van der Waals surface area contributed by atoms with Crippen molar-refractivity contribution in [3.05, 3.63) is 80.7 Å². The molecule has 0 unspecified atom stereocenters. The van der Waals surface area contributed by atoms with Crippen molar-refractivity contribution in [3.63, 3.8) is 0 Å². The highest BCUT2D eigenvalue weighted by molar-refractivity contribution is 14.1. The predicted octanol–water partition coefficient (Wildman–Crippen LogP) is 4.86. The van der Waals surface area contributed by atoms with E-state index in [1.807, 2.05) is 69.3 Å². The number of aryl methyl sites for hydroxylation is 1. The second-order valence-corrected chi connectivity index (χ2v) is 7.54. The molecule has 0 saturated carbocycles. The van der Waals surface area contributed by atoms with Gasteiger partial charge in [-0.1, -0.05) is 6.07 Å². The van der Waals surface area contributed by atoms with E-state index < -0.39 is 0 Å². The molecule has 144 valence electrons. The Morgan fingerprint density at radius 1 is 1.18 bits per heavy atom. The Kier molecular flexibility index (Phi) is 6.51. The molecule has 5 nitrogen and oxygen atoms in total. The minimum absolute atomic E-state index is 0.227. The number of ether oxygens (including phenoxy) is 1. The molecule has 0 spiro atoms. The predicted molar refractivity (Wildman–Crippen MR) is 121 cm³/mol. The quantitative estimate of drug-likeness (QED) is 0.307. The highest BCUT2D eigenvalue weighted by Gasteiger charge is 2.10. The van der Waals surface area contributed by atoms with Gasteiger partial charge in [-0.05, 0) is 91.9 Å². The van der Waals surface area contributed by atoms with Gasteiger partial charge in [0, 0.05) is 31.8 Å². The summed E-state index contributed by atoms with van der Waals surface area (Å²) in [6.07, 6.45) is 1.68. The Hall–Kier alpha value is -2.61. The summed E-state index contributed by atoms with van der Waals surface area (Å²) in [6, 6.07) is 17.4. The van der Waals surface area contributed by atoms with E-state index in [4.69, 9.17) is 4.74 Å². The molecule has 0 aliphatic carbocycles. The fourth-order valence-corrected chi connectivity index (χ4v) is 3.57. The maximum Gasteiger partial charge on any atom is 0.271 e. The minimum Gasteiger partial charge on any atom is -0.494 e. The zero-order chi connectivity index (χ0) is 20.1. The van der Waals surface area contributed by atoms with Crippen LogP contribution in [0.25, 0.3) is 5.69 Å². The standard InChI is InChI=1S/C22H22IN3O2/c1-4-28-21-10-8-20(9-11-21)26-15(2)12-18(16(26)3)14-24-25-22(27)17-6-5-7-19(23)13-17/h5-14H,4H2,1-3H3,(H,25,27)/b24-14-. The van der Waals surface area contributed by atoms with Crippen LogP contribution in [0.1, 0.15) is 34.2 Å². The number of hydrogen-bond acceptors (Lipinski definition) is 3. The molecule has 1 heterocycles. The Balaban J connectivity index is 1.76. The van der Waals surface area contributed by atoms with E-state index in [-0.39, 0.29) is 5.91 Å². The summed E-state index contributed by atoms with van der Waals surface area (Å²) in [4.78, 5) is 12.2. The lowest BCUT2D eigenvalue weighted by Crippen LogP contribution is -2.17. The lowest BCUT2D eigenvalue weighted by atomic mass is 10.2. The van der Waals surface area contributed by atoms with Crippen molar-refractivity contribution in [2.45, 2.75) is 20.8 Å². The zero-order valence-corrected chi connectivity index (χ0v) is 18.2. The van der Waals surface area contributed by atoms with Gasteiger partial charge in [0.05, 0.1) is 12.8 Å². The van der Waals surface area contributed by atoms with Gasteiger partial charge < -0.3 is 9.30 Å². The molecule has 0 aliphatic rings. The van der Waals surface area contributed by atoms with E-state index in [1.165, 1.54) is 0 Å². The van der Waals surface area contributed by atoms with Crippen molar-refractivity contribution in [3.8, 4) is 11.4 Å². The first-order valence-corrected chi connectivity index (χ1v) is 10.1. The second-order valence-electron chi connectivity index (χ2n) is 6.30. The van der Waals surface area contributed by atoms with Crippen molar-refractivity contribution in [1.29, 1.82) is 0 Å². The Bertz CT molecular complexity index is 1010. The number of amides is 1. The van der Waals surface area contributed by atoms with E-state index >= 15 is 0 Å². The van der Waals surface area contributed by atoms with E-state index in [0.717, 1.165) is 32.0 Å². The van der Waals surface area contributed by atoms with E-state index in [9.17, 15) is 4.79 Å². The van der Waals surface area contributed by atoms with Crippen molar-refractivity contribution >= 4 is 34.7 Å². The number of aromatic nitrogens is 1. The second kappa shape index (κ2) is 9.05. The summed E-state index contributed by atoms with van der Waals surface area (Å²) >= 11 is 2.18. The van der Waals surface area contributed by atoms with E-state index in [2.05, 4.69) is 37.7 Å². The number of benzene rings is 2. The van der Waals surface area contributed by atoms with Gasteiger partial charge in [0.2, 0.25) is 0 Å². The molecular formula is C22H22IN3O2. The molecule has 2 aromatic carbocycles. The molecule has 6 heteroatoms. The number of nitrogens with one attached hydrogen (secondary N) is 1.